The number of rotatable bonds is 5. The van der Waals surface area contributed by atoms with Crippen molar-refractivity contribution in [3.8, 4) is 22.8 Å². The number of benzene rings is 2. The molecule has 0 aliphatic carbocycles. The first kappa shape index (κ1) is 19.5. The van der Waals surface area contributed by atoms with Crippen molar-refractivity contribution in [3.63, 3.8) is 0 Å². The van der Waals surface area contributed by atoms with E-state index < -0.39 is 0 Å². The Morgan fingerprint density at radius 1 is 0.885 bits per heavy atom. The third-order valence-corrected chi connectivity index (χ3v) is 3.82. The largest absolute Gasteiger partial charge is 0.497 e. The third-order valence-electron chi connectivity index (χ3n) is 3.82. The number of aryl methyl sites for hydroxylation is 2. The maximum Gasteiger partial charge on any atom is 0.146 e. The van der Waals surface area contributed by atoms with Crippen LogP contribution in [0.1, 0.15) is 11.4 Å². The van der Waals surface area contributed by atoms with E-state index in [2.05, 4.69) is 34.3 Å². The average molecular weight is 372 g/mol. The number of hydrogen-bond donors (Lipinski definition) is 1. The second-order valence-electron chi connectivity index (χ2n) is 5.75. The highest BCUT2D eigenvalue weighted by Gasteiger charge is 2.09. The van der Waals surface area contributed by atoms with Gasteiger partial charge in [-0.2, -0.15) is 0 Å². The maximum absolute atomic E-state index is 5.43. The molecule has 0 saturated heterocycles. The van der Waals surface area contributed by atoms with Gasteiger partial charge in [-0.25, -0.2) is 9.97 Å². The standard InChI is InChI=1S/C20H21N3O2.ClH/c1-13-6-5-7-15(10-13)18-12-20(22-14(2)21-18)23-17-9-8-16(24-3)11-19(17)25-4;/h5-12H,1-4H3,(H,21,22,23);1H. The molecule has 5 nitrogen and oxygen atoms in total. The molecule has 0 saturated carbocycles. The molecule has 1 N–H and O–H groups in total. The van der Waals surface area contributed by atoms with Crippen molar-refractivity contribution >= 4 is 23.9 Å². The van der Waals surface area contributed by atoms with E-state index >= 15 is 0 Å². The molecule has 0 radical (unpaired) electrons. The molecule has 2 aromatic carbocycles. The fourth-order valence-electron chi connectivity index (χ4n) is 2.62. The predicted molar refractivity (Wildman–Crippen MR) is 107 cm³/mol. The summed E-state index contributed by atoms with van der Waals surface area (Å²) in [5.41, 5.74) is 3.96. The molecule has 26 heavy (non-hydrogen) atoms. The van der Waals surface area contributed by atoms with Gasteiger partial charge in [-0.15, -0.1) is 12.4 Å². The van der Waals surface area contributed by atoms with Gasteiger partial charge in [-0.1, -0.05) is 23.8 Å². The highest BCUT2D eigenvalue weighted by Crippen LogP contribution is 2.31. The lowest BCUT2D eigenvalue weighted by atomic mass is 10.1. The van der Waals surface area contributed by atoms with Gasteiger partial charge < -0.3 is 14.8 Å². The van der Waals surface area contributed by atoms with Crippen LogP contribution in [0.4, 0.5) is 11.5 Å². The van der Waals surface area contributed by atoms with E-state index in [1.165, 1.54) is 5.56 Å². The van der Waals surface area contributed by atoms with Crippen LogP contribution in [0, 0.1) is 13.8 Å². The van der Waals surface area contributed by atoms with Crippen LogP contribution in [0.15, 0.2) is 48.5 Å². The Kier molecular flexibility index (Phi) is 6.41. The van der Waals surface area contributed by atoms with E-state index in [-0.39, 0.29) is 12.4 Å². The maximum atomic E-state index is 5.43. The summed E-state index contributed by atoms with van der Waals surface area (Å²) in [5, 5.41) is 3.31. The molecule has 0 unspecified atom stereocenters. The van der Waals surface area contributed by atoms with Crippen LogP contribution in [0.5, 0.6) is 11.5 Å². The summed E-state index contributed by atoms with van der Waals surface area (Å²) >= 11 is 0. The number of aromatic nitrogens is 2. The summed E-state index contributed by atoms with van der Waals surface area (Å²) < 4.78 is 10.7. The summed E-state index contributed by atoms with van der Waals surface area (Å²) in [6, 6.07) is 15.8. The summed E-state index contributed by atoms with van der Waals surface area (Å²) in [4.78, 5) is 9.04. The minimum absolute atomic E-state index is 0. The smallest absolute Gasteiger partial charge is 0.146 e. The molecular weight excluding hydrogens is 350 g/mol. The number of anilines is 2. The molecule has 0 aliphatic rings. The highest BCUT2D eigenvalue weighted by molar-refractivity contribution is 5.85. The quantitative estimate of drug-likeness (QED) is 0.688. The zero-order chi connectivity index (χ0) is 17.8. The van der Waals surface area contributed by atoms with Gasteiger partial charge in [0.1, 0.15) is 23.1 Å². The molecular formula is C20H22ClN3O2. The number of nitrogens with one attached hydrogen (secondary N) is 1. The average Bonchev–Trinajstić information content (AvgIpc) is 2.61. The van der Waals surface area contributed by atoms with Gasteiger partial charge in [-0.05, 0) is 32.0 Å². The normalized spacial score (nSPS) is 10.0. The first-order chi connectivity index (χ1) is 12.1. The predicted octanol–water partition coefficient (Wildman–Crippen LogP) is 4.94. The van der Waals surface area contributed by atoms with Gasteiger partial charge >= 0.3 is 0 Å². The summed E-state index contributed by atoms with van der Waals surface area (Å²) in [7, 11) is 3.26. The summed E-state index contributed by atoms with van der Waals surface area (Å²) in [6.07, 6.45) is 0. The Hall–Kier alpha value is -2.79. The molecule has 0 atom stereocenters. The molecule has 6 heteroatoms. The molecule has 0 bridgehead atoms. The van der Waals surface area contributed by atoms with Crippen molar-refractivity contribution in [2.24, 2.45) is 0 Å². The van der Waals surface area contributed by atoms with Gasteiger partial charge in [0, 0.05) is 17.7 Å². The Morgan fingerprint density at radius 2 is 1.69 bits per heavy atom. The molecule has 0 aliphatic heterocycles. The Morgan fingerprint density at radius 3 is 2.38 bits per heavy atom. The minimum atomic E-state index is 0. The summed E-state index contributed by atoms with van der Waals surface area (Å²) in [5.74, 6) is 2.84. The van der Waals surface area contributed by atoms with E-state index in [0.29, 0.717) is 17.4 Å². The van der Waals surface area contributed by atoms with E-state index in [1.807, 2.05) is 43.3 Å². The van der Waals surface area contributed by atoms with E-state index in [0.717, 1.165) is 22.7 Å². The number of ether oxygens (including phenoxy) is 2. The molecule has 0 amide bonds. The zero-order valence-corrected chi connectivity index (χ0v) is 16.1. The SMILES string of the molecule is COc1ccc(Nc2cc(-c3cccc(C)c3)nc(C)n2)c(OC)c1.Cl. The van der Waals surface area contributed by atoms with Crippen LogP contribution >= 0.6 is 12.4 Å². The number of nitrogens with zero attached hydrogens (tertiary/aromatic N) is 2. The van der Waals surface area contributed by atoms with Gasteiger partial charge in [0.15, 0.2) is 0 Å². The Bertz CT molecular complexity index is 900. The van der Waals surface area contributed by atoms with E-state index in [4.69, 9.17) is 9.47 Å². The lowest BCUT2D eigenvalue weighted by Crippen LogP contribution is -2.01. The van der Waals surface area contributed by atoms with Crippen LogP contribution < -0.4 is 14.8 Å². The van der Waals surface area contributed by atoms with E-state index in [1.54, 1.807) is 14.2 Å². The Balaban J connectivity index is 0.00000243. The van der Waals surface area contributed by atoms with Crippen molar-refractivity contribution in [2.75, 3.05) is 19.5 Å². The second-order valence-corrected chi connectivity index (χ2v) is 5.75. The minimum Gasteiger partial charge on any atom is -0.497 e. The first-order valence-electron chi connectivity index (χ1n) is 8.01. The lowest BCUT2D eigenvalue weighted by molar-refractivity contribution is 0.395. The van der Waals surface area contributed by atoms with Crippen LogP contribution in [-0.2, 0) is 0 Å². The molecule has 0 spiro atoms. The van der Waals surface area contributed by atoms with Crippen LogP contribution in [0.3, 0.4) is 0 Å². The molecule has 1 heterocycles. The number of methoxy groups -OCH3 is 2. The molecule has 136 valence electrons. The fourth-order valence-corrected chi connectivity index (χ4v) is 2.62. The molecule has 3 rings (SSSR count). The second kappa shape index (κ2) is 8.54. The Labute approximate surface area is 159 Å². The van der Waals surface area contributed by atoms with Crippen molar-refractivity contribution in [1.29, 1.82) is 0 Å². The van der Waals surface area contributed by atoms with Crippen molar-refractivity contribution < 1.29 is 9.47 Å². The van der Waals surface area contributed by atoms with Gasteiger partial charge in [0.2, 0.25) is 0 Å². The lowest BCUT2D eigenvalue weighted by Gasteiger charge is -2.13. The van der Waals surface area contributed by atoms with Crippen LogP contribution in [0.2, 0.25) is 0 Å². The zero-order valence-electron chi connectivity index (χ0n) is 15.2. The molecule has 3 aromatic rings. The van der Waals surface area contributed by atoms with Crippen molar-refractivity contribution in [2.45, 2.75) is 13.8 Å². The monoisotopic (exact) mass is 371 g/mol. The number of halogens is 1. The van der Waals surface area contributed by atoms with Crippen LogP contribution in [0.25, 0.3) is 11.3 Å². The molecule has 1 aromatic heterocycles. The van der Waals surface area contributed by atoms with Gasteiger partial charge in [0.05, 0.1) is 25.6 Å². The third kappa shape index (κ3) is 4.43. The van der Waals surface area contributed by atoms with Crippen LogP contribution in [-0.4, -0.2) is 24.2 Å². The highest BCUT2D eigenvalue weighted by atomic mass is 35.5. The summed E-state index contributed by atoms with van der Waals surface area (Å²) in [6.45, 7) is 3.95. The first-order valence-corrected chi connectivity index (χ1v) is 8.01. The topological polar surface area (TPSA) is 56.3 Å². The number of hydrogen-bond acceptors (Lipinski definition) is 5. The van der Waals surface area contributed by atoms with Gasteiger partial charge in [-0.3, -0.25) is 0 Å². The fraction of sp³-hybridized carbons (Fsp3) is 0.200. The van der Waals surface area contributed by atoms with E-state index in [9.17, 15) is 0 Å². The molecule has 0 fully saturated rings. The van der Waals surface area contributed by atoms with Crippen molar-refractivity contribution in [3.05, 3.63) is 59.9 Å². The van der Waals surface area contributed by atoms with Crippen molar-refractivity contribution in [1.82, 2.24) is 9.97 Å². The van der Waals surface area contributed by atoms with Gasteiger partial charge in [0.25, 0.3) is 0 Å².